The molecule has 0 aliphatic heterocycles. The van der Waals surface area contributed by atoms with Crippen LogP contribution in [-0.4, -0.2) is 4.98 Å². The van der Waals surface area contributed by atoms with Crippen molar-refractivity contribution >= 4 is 67.1 Å². The van der Waals surface area contributed by atoms with Crippen molar-refractivity contribution in [3.63, 3.8) is 0 Å². The Labute approximate surface area is 244 Å². The number of benzene rings is 7. The normalized spacial score (nSPS) is 11.7. The fourth-order valence-corrected chi connectivity index (χ4v) is 8.53. The van der Waals surface area contributed by atoms with Crippen LogP contribution in [0.25, 0.3) is 54.5 Å². The fraction of sp³-hybridized carbons (Fsp3) is 0. The van der Waals surface area contributed by atoms with E-state index in [9.17, 15) is 4.39 Å². The van der Waals surface area contributed by atoms with E-state index in [0.29, 0.717) is 0 Å². The van der Waals surface area contributed by atoms with Crippen LogP contribution >= 0.6 is 7.92 Å². The molecular formula is C39H25FNP. The zero-order valence-electron chi connectivity index (χ0n) is 22.7. The molecular weight excluding hydrogens is 532 g/mol. The number of hydrogen-bond acceptors (Lipinski definition) is 1. The van der Waals surface area contributed by atoms with Gasteiger partial charge in [0.1, 0.15) is 5.82 Å². The smallest absolute Gasteiger partial charge is 0.123 e. The molecule has 0 saturated heterocycles. The Bertz CT molecular complexity index is 2200. The molecule has 0 atom stereocenters. The van der Waals surface area contributed by atoms with Crippen LogP contribution in [0.4, 0.5) is 4.39 Å². The molecule has 1 heterocycles. The summed E-state index contributed by atoms with van der Waals surface area (Å²) in [6, 6.07) is 52.2. The Hall–Kier alpha value is -4.91. The molecule has 0 radical (unpaired) electrons. The molecule has 1 nitrogen and oxygen atoms in total. The Kier molecular flexibility index (Phi) is 6.02. The third kappa shape index (κ3) is 4.07. The Morgan fingerprint density at radius 1 is 0.429 bits per heavy atom. The van der Waals surface area contributed by atoms with Gasteiger partial charge in [-0.05, 0) is 75.7 Å². The predicted octanol–water partition coefficient (Wildman–Crippen LogP) is 9.26. The van der Waals surface area contributed by atoms with Gasteiger partial charge in [-0.3, -0.25) is 0 Å². The number of pyridine rings is 1. The molecule has 0 spiro atoms. The second-order valence-electron chi connectivity index (χ2n) is 10.5. The SMILES string of the molecule is Fc1ccc(-c2nc3cc(P(c4ccccc4)c4ccccc4)ccc3c3c4ccccc4c4ccccc4c23)cc1. The van der Waals surface area contributed by atoms with Crippen molar-refractivity contribution in [1.82, 2.24) is 4.98 Å². The highest BCUT2D eigenvalue weighted by molar-refractivity contribution is 7.79. The zero-order chi connectivity index (χ0) is 28.0. The van der Waals surface area contributed by atoms with Crippen LogP contribution in [0.5, 0.6) is 0 Å². The van der Waals surface area contributed by atoms with Crippen LogP contribution in [0.3, 0.4) is 0 Å². The van der Waals surface area contributed by atoms with Crippen molar-refractivity contribution in [2.24, 2.45) is 0 Å². The third-order valence-corrected chi connectivity index (χ3v) is 10.5. The van der Waals surface area contributed by atoms with Gasteiger partial charge in [0.05, 0.1) is 11.2 Å². The summed E-state index contributed by atoms with van der Waals surface area (Å²) in [6.45, 7) is 0. The third-order valence-electron chi connectivity index (χ3n) is 8.06. The van der Waals surface area contributed by atoms with E-state index in [0.717, 1.165) is 32.9 Å². The van der Waals surface area contributed by atoms with Gasteiger partial charge < -0.3 is 0 Å². The Morgan fingerprint density at radius 2 is 0.952 bits per heavy atom. The lowest BCUT2D eigenvalue weighted by molar-refractivity contribution is 0.628. The van der Waals surface area contributed by atoms with Crippen LogP contribution in [-0.2, 0) is 0 Å². The van der Waals surface area contributed by atoms with Crippen LogP contribution in [0.15, 0.2) is 152 Å². The monoisotopic (exact) mass is 557 g/mol. The molecule has 7 aromatic carbocycles. The fourth-order valence-electron chi connectivity index (χ4n) is 6.22. The van der Waals surface area contributed by atoms with E-state index < -0.39 is 7.92 Å². The van der Waals surface area contributed by atoms with Gasteiger partial charge in [0, 0.05) is 21.7 Å². The van der Waals surface area contributed by atoms with Crippen LogP contribution in [0, 0.1) is 5.82 Å². The Morgan fingerprint density at radius 3 is 1.55 bits per heavy atom. The zero-order valence-corrected chi connectivity index (χ0v) is 23.6. The van der Waals surface area contributed by atoms with Gasteiger partial charge in [0.2, 0.25) is 0 Å². The first-order chi connectivity index (χ1) is 20.8. The van der Waals surface area contributed by atoms with Crippen molar-refractivity contribution in [2.45, 2.75) is 0 Å². The van der Waals surface area contributed by atoms with Gasteiger partial charge in [-0.1, -0.05) is 121 Å². The first-order valence-electron chi connectivity index (χ1n) is 14.1. The number of aromatic nitrogens is 1. The number of rotatable bonds is 4. The van der Waals surface area contributed by atoms with E-state index in [4.69, 9.17) is 4.98 Å². The molecule has 0 unspecified atom stereocenters. The van der Waals surface area contributed by atoms with Crippen molar-refractivity contribution in [1.29, 1.82) is 0 Å². The van der Waals surface area contributed by atoms with Crippen LogP contribution in [0.1, 0.15) is 0 Å². The molecule has 1 aromatic heterocycles. The van der Waals surface area contributed by atoms with E-state index in [1.807, 2.05) is 12.1 Å². The van der Waals surface area contributed by atoms with Gasteiger partial charge in [-0.2, -0.15) is 0 Å². The predicted molar refractivity (Wildman–Crippen MR) is 178 cm³/mol. The van der Waals surface area contributed by atoms with Gasteiger partial charge >= 0.3 is 0 Å². The molecule has 0 N–H and O–H groups in total. The molecule has 0 aliphatic carbocycles. The summed E-state index contributed by atoms with van der Waals surface area (Å²) in [4.78, 5) is 5.38. The summed E-state index contributed by atoms with van der Waals surface area (Å²) in [5.74, 6) is -0.252. The summed E-state index contributed by atoms with van der Waals surface area (Å²) in [6.07, 6.45) is 0. The molecule has 42 heavy (non-hydrogen) atoms. The molecule has 0 amide bonds. The van der Waals surface area contributed by atoms with Crippen molar-refractivity contribution < 1.29 is 4.39 Å². The standard InChI is InChI=1S/C39H25FNP/c40-27-21-19-26(20-22-27)39-38-34-18-10-8-16-32(34)31-15-7-9-17-33(31)37(38)35-24-23-30(25-36(35)41-39)42(28-11-3-1-4-12-28)29-13-5-2-6-14-29/h1-25H. The highest BCUT2D eigenvalue weighted by atomic mass is 31.1. The largest absolute Gasteiger partial charge is 0.247 e. The quantitative estimate of drug-likeness (QED) is 0.155. The van der Waals surface area contributed by atoms with Gasteiger partial charge in [-0.15, -0.1) is 0 Å². The highest BCUT2D eigenvalue weighted by Crippen LogP contribution is 2.43. The average molecular weight is 558 g/mol. The van der Waals surface area contributed by atoms with E-state index in [1.54, 1.807) is 0 Å². The maximum Gasteiger partial charge on any atom is 0.123 e. The van der Waals surface area contributed by atoms with Crippen LogP contribution < -0.4 is 15.9 Å². The lowest BCUT2D eigenvalue weighted by Gasteiger charge is -2.21. The minimum Gasteiger partial charge on any atom is -0.247 e. The number of hydrogen-bond donors (Lipinski definition) is 0. The van der Waals surface area contributed by atoms with Crippen molar-refractivity contribution in [2.75, 3.05) is 0 Å². The minimum absolute atomic E-state index is 0.252. The summed E-state index contributed by atoms with van der Waals surface area (Å²) in [7, 11) is -0.783. The maximum atomic E-state index is 14.1. The maximum absolute atomic E-state index is 14.1. The van der Waals surface area contributed by atoms with E-state index in [-0.39, 0.29) is 5.82 Å². The molecule has 0 fully saturated rings. The molecule has 0 aliphatic rings. The lowest BCUT2D eigenvalue weighted by atomic mass is 9.90. The highest BCUT2D eigenvalue weighted by Gasteiger charge is 2.20. The number of halogens is 1. The second kappa shape index (κ2) is 10.2. The molecule has 8 rings (SSSR count). The summed E-state index contributed by atoms with van der Waals surface area (Å²) in [5, 5.41) is 12.0. The van der Waals surface area contributed by atoms with Crippen molar-refractivity contribution in [3.8, 4) is 11.3 Å². The van der Waals surface area contributed by atoms with Gasteiger partial charge in [-0.25, -0.2) is 9.37 Å². The number of fused-ring (bicyclic) bond motifs is 8. The van der Waals surface area contributed by atoms with Gasteiger partial charge in [0.25, 0.3) is 0 Å². The van der Waals surface area contributed by atoms with E-state index >= 15 is 0 Å². The summed E-state index contributed by atoms with van der Waals surface area (Å²) >= 11 is 0. The molecule has 3 heteroatoms. The molecule has 8 aromatic rings. The molecule has 198 valence electrons. The van der Waals surface area contributed by atoms with E-state index in [1.165, 1.54) is 49.6 Å². The first-order valence-corrected chi connectivity index (χ1v) is 15.4. The molecule has 0 saturated carbocycles. The summed E-state index contributed by atoms with van der Waals surface area (Å²) in [5.41, 5.74) is 2.72. The second-order valence-corrected chi connectivity index (χ2v) is 12.7. The summed E-state index contributed by atoms with van der Waals surface area (Å²) < 4.78 is 14.1. The lowest BCUT2D eigenvalue weighted by Crippen LogP contribution is -2.20. The average Bonchev–Trinajstić information content (AvgIpc) is 3.06. The number of nitrogens with zero attached hydrogens (tertiary/aromatic N) is 1. The first kappa shape index (κ1) is 24.9. The van der Waals surface area contributed by atoms with Crippen LogP contribution in [0.2, 0.25) is 0 Å². The molecule has 0 bridgehead atoms. The topological polar surface area (TPSA) is 12.9 Å². The Balaban J connectivity index is 1.51. The van der Waals surface area contributed by atoms with Crippen molar-refractivity contribution in [3.05, 3.63) is 157 Å². The minimum atomic E-state index is -0.783. The van der Waals surface area contributed by atoms with Gasteiger partial charge in [0.15, 0.2) is 0 Å². The van der Waals surface area contributed by atoms with E-state index in [2.05, 4.69) is 127 Å².